The van der Waals surface area contributed by atoms with Crippen molar-refractivity contribution in [1.82, 2.24) is 15.5 Å². The number of ether oxygens (including phenoxy) is 1. The summed E-state index contributed by atoms with van der Waals surface area (Å²) in [5.41, 5.74) is 1.20. The van der Waals surface area contributed by atoms with Crippen LogP contribution in [0.25, 0.3) is 0 Å². The Morgan fingerprint density at radius 1 is 1.41 bits per heavy atom. The lowest BCUT2D eigenvalue weighted by molar-refractivity contribution is 0.260. The van der Waals surface area contributed by atoms with Crippen molar-refractivity contribution < 1.29 is 4.74 Å². The molecule has 22 heavy (non-hydrogen) atoms. The van der Waals surface area contributed by atoms with Crippen molar-refractivity contribution in [2.45, 2.75) is 32.4 Å². The maximum atomic E-state index is 5.70. The highest BCUT2D eigenvalue weighted by Crippen LogP contribution is 2.31. The molecule has 0 saturated heterocycles. The molecular weight excluding hydrogens is 276 g/mol. The van der Waals surface area contributed by atoms with Crippen molar-refractivity contribution in [3.8, 4) is 5.75 Å². The van der Waals surface area contributed by atoms with Crippen LogP contribution >= 0.6 is 0 Å². The van der Waals surface area contributed by atoms with Crippen LogP contribution in [0.2, 0.25) is 0 Å². The Labute approximate surface area is 133 Å². The van der Waals surface area contributed by atoms with Crippen molar-refractivity contribution in [2.75, 3.05) is 33.8 Å². The van der Waals surface area contributed by atoms with Crippen molar-refractivity contribution >= 4 is 5.96 Å². The van der Waals surface area contributed by atoms with E-state index in [0.717, 1.165) is 37.8 Å². The lowest BCUT2D eigenvalue weighted by atomic mass is 10.0. The molecule has 0 spiro atoms. The molecule has 0 bridgehead atoms. The molecular formula is C17H28N4O. The van der Waals surface area contributed by atoms with Crippen LogP contribution in [0.4, 0.5) is 0 Å². The van der Waals surface area contributed by atoms with E-state index in [4.69, 9.17) is 4.74 Å². The van der Waals surface area contributed by atoms with E-state index in [1.807, 2.05) is 19.2 Å². The Kier molecular flexibility index (Phi) is 6.07. The highest BCUT2D eigenvalue weighted by molar-refractivity contribution is 5.80. The van der Waals surface area contributed by atoms with Gasteiger partial charge in [0, 0.05) is 38.2 Å². The molecule has 5 heteroatoms. The maximum absolute atomic E-state index is 5.70. The fraction of sp³-hybridized carbons (Fsp3) is 0.588. The molecule has 1 aliphatic rings. The normalized spacial score (nSPS) is 18.1. The number of likely N-dealkylation sites (N-methyl/N-ethyl adjacent to an activating group) is 1. The topological polar surface area (TPSA) is 48.9 Å². The second kappa shape index (κ2) is 8.03. The van der Waals surface area contributed by atoms with Crippen LogP contribution in [0.5, 0.6) is 5.75 Å². The molecule has 0 fully saturated rings. The fourth-order valence-corrected chi connectivity index (χ4v) is 2.46. The van der Waals surface area contributed by atoms with Crippen LogP contribution in [-0.2, 0) is 0 Å². The highest BCUT2D eigenvalue weighted by Gasteiger charge is 2.21. The molecule has 1 aromatic rings. The van der Waals surface area contributed by atoms with Gasteiger partial charge in [-0.1, -0.05) is 18.2 Å². The van der Waals surface area contributed by atoms with Crippen LogP contribution < -0.4 is 15.4 Å². The van der Waals surface area contributed by atoms with Gasteiger partial charge in [-0.15, -0.1) is 0 Å². The molecule has 1 aliphatic heterocycles. The van der Waals surface area contributed by atoms with Crippen LogP contribution in [0, 0.1) is 0 Å². The Morgan fingerprint density at radius 3 is 2.91 bits per heavy atom. The Balaban J connectivity index is 1.89. The summed E-state index contributed by atoms with van der Waals surface area (Å²) in [5.74, 6) is 1.82. The van der Waals surface area contributed by atoms with Crippen molar-refractivity contribution in [3.63, 3.8) is 0 Å². The number of rotatable bonds is 5. The molecule has 1 aromatic carbocycles. The van der Waals surface area contributed by atoms with Crippen LogP contribution in [0.15, 0.2) is 29.3 Å². The third kappa shape index (κ3) is 4.37. The minimum atomic E-state index is 0.249. The van der Waals surface area contributed by atoms with Crippen LogP contribution in [0.3, 0.4) is 0 Å². The Bertz CT molecular complexity index is 501. The van der Waals surface area contributed by atoms with E-state index in [1.165, 1.54) is 5.56 Å². The largest absolute Gasteiger partial charge is 0.493 e. The molecule has 1 unspecified atom stereocenters. The minimum Gasteiger partial charge on any atom is -0.493 e. The van der Waals surface area contributed by atoms with Gasteiger partial charge in [0.25, 0.3) is 0 Å². The number of nitrogens with zero attached hydrogens (tertiary/aromatic N) is 2. The molecule has 5 nitrogen and oxygen atoms in total. The summed E-state index contributed by atoms with van der Waals surface area (Å²) in [7, 11) is 3.95. The standard InChI is InChI=1S/C17H28N4O/c1-13(2)21(4)11-10-19-17(18-3)20-15-9-12-22-16-8-6-5-7-14(15)16/h5-8,13,15H,9-12H2,1-4H3,(H2,18,19,20). The first kappa shape index (κ1) is 16.6. The third-order valence-corrected chi connectivity index (χ3v) is 4.13. The molecule has 0 amide bonds. The first-order chi connectivity index (χ1) is 10.6. The molecule has 1 atom stereocenters. The number of hydrogen-bond donors (Lipinski definition) is 2. The zero-order chi connectivity index (χ0) is 15.9. The van der Waals surface area contributed by atoms with Crippen LogP contribution in [-0.4, -0.2) is 50.7 Å². The summed E-state index contributed by atoms with van der Waals surface area (Å²) in [5, 5.41) is 6.89. The SMILES string of the molecule is CN=C(NCCN(C)C(C)C)NC1CCOc2ccccc21. The van der Waals surface area contributed by atoms with Gasteiger partial charge in [-0.3, -0.25) is 4.99 Å². The second-order valence-electron chi connectivity index (χ2n) is 5.95. The average Bonchev–Trinajstić information content (AvgIpc) is 2.53. The number of fused-ring (bicyclic) bond motifs is 1. The predicted octanol–water partition coefficient (Wildman–Crippen LogP) is 2.02. The van der Waals surface area contributed by atoms with Gasteiger partial charge in [0.15, 0.2) is 5.96 Å². The number of benzene rings is 1. The summed E-state index contributed by atoms with van der Waals surface area (Å²) >= 11 is 0. The molecule has 2 rings (SSSR count). The van der Waals surface area contributed by atoms with Gasteiger partial charge in [-0.05, 0) is 27.0 Å². The van der Waals surface area contributed by atoms with E-state index in [0.29, 0.717) is 6.04 Å². The summed E-state index contributed by atoms with van der Waals surface area (Å²) in [4.78, 5) is 6.64. The smallest absolute Gasteiger partial charge is 0.191 e. The zero-order valence-electron chi connectivity index (χ0n) is 14.1. The molecule has 122 valence electrons. The van der Waals surface area contributed by atoms with Crippen molar-refractivity contribution in [3.05, 3.63) is 29.8 Å². The molecule has 0 aliphatic carbocycles. The number of guanidine groups is 1. The Hall–Kier alpha value is -1.75. The molecule has 2 N–H and O–H groups in total. The number of para-hydroxylation sites is 1. The third-order valence-electron chi connectivity index (χ3n) is 4.13. The minimum absolute atomic E-state index is 0.249. The highest BCUT2D eigenvalue weighted by atomic mass is 16.5. The Morgan fingerprint density at radius 2 is 2.18 bits per heavy atom. The van der Waals surface area contributed by atoms with Crippen molar-refractivity contribution in [1.29, 1.82) is 0 Å². The van der Waals surface area contributed by atoms with E-state index >= 15 is 0 Å². The van der Waals surface area contributed by atoms with Crippen molar-refractivity contribution in [2.24, 2.45) is 4.99 Å². The van der Waals surface area contributed by atoms with Gasteiger partial charge in [0.05, 0.1) is 12.6 Å². The average molecular weight is 304 g/mol. The number of nitrogens with one attached hydrogen (secondary N) is 2. The summed E-state index contributed by atoms with van der Waals surface area (Å²) in [6.45, 7) is 7.00. The van der Waals surface area contributed by atoms with E-state index in [1.54, 1.807) is 0 Å². The summed E-state index contributed by atoms with van der Waals surface area (Å²) in [6, 6.07) is 9.01. The zero-order valence-corrected chi connectivity index (χ0v) is 14.1. The van der Waals surface area contributed by atoms with Gasteiger partial charge in [-0.2, -0.15) is 0 Å². The number of hydrogen-bond acceptors (Lipinski definition) is 3. The summed E-state index contributed by atoms with van der Waals surface area (Å²) in [6.07, 6.45) is 0.948. The maximum Gasteiger partial charge on any atom is 0.191 e. The van der Waals surface area contributed by atoms with Gasteiger partial charge < -0.3 is 20.3 Å². The van der Waals surface area contributed by atoms with Gasteiger partial charge in [0.1, 0.15) is 5.75 Å². The predicted molar refractivity (Wildman–Crippen MR) is 91.6 cm³/mol. The van der Waals surface area contributed by atoms with E-state index in [9.17, 15) is 0 Å². The second-order valence-corrected chi connectivity index (χ2v) is 5.95. The quantitative estimate of drug-likeness (QED) is 0.645. The van der Waals surface area contributed by atoms with E-state index < -0.39 is 0 Å². The first-order valence-electron chi connectivity index (χ1n) is 8.01. The van der Waals surface area contributed by atoms with Gasteiger partial charge in [0.2, 0.25) is 0 Å². The number of aliphatic imine (C=N–C) groups is 1. The molecule has 1 heterocycles. The van der Waals surface area contributed by atoms with Gasteiger partial charge in [-0.25, -0.2) is 0 Å². The van der Waals surface area contributed by atoms with Gasteiger partial charge >= 0.3 is 0 Å². The van der Waals surface area contributed by atoms with E-state index in [-0.39, 0.29) is 6.04 Å². The van der Waals surface area contributed by atoms with E-state index in [2.05, 4.69) is 53.6 Å². The monoisotopic (exact) mass is 304 g/mol. The molecule has 0 saturated carbocycles. The lowest BCUT2D eigenvalue weighted by Gasteiger charge is -2.28. The molecule has 0 radical (unpaired) electrons. The summed E-state index contributed by atoms with van der Waals surface area (Å²) < 4.78 is 5.70. The first-order valence-corrected chi connectivity index (χ1v) is 8.01. The molecule has 0 aromatic heterocycles. The fourth-order valence-electron chi connectivity index (χ4n) is 2.46. The van der Waals surface area contributed by atoms with Crippen LogP contribution in [0.1, 0.15) is 31.9 Å². The lowest BCUT2D eigenvalue weighted by Crippen LogP contribution is -2.44.